The van der Waals surface area contributed by atoms with Gasteiger partial charge in [-0.1, -0.05) is 0 Å². The van der Waals surface area contributed by atoms with E-state index in [0.717, 1.165) is 12.8 Å². The molecule has 20 heavy (non-hydrogen) atoms. The summed E-state index contributed by atoms with van der Waals surface area (Å²) in [6.45, 7) is 2.05. The molecule has 1 saturated heterocycles. The fourth-order valence-corrected chi connectivity index (χ4v) is 3.36. The van der Waals surface area contributed by atoms with Crippen LogP contribution in [0.2, 0.25) is 0 Å². The highest BCUT2D eigenvalue weighted by molar-refractivity contribution is 7.89. The monoisotopic (exact) mass is 299 g/mol. The number of nitrogens with zero attached hydrogens (tertiary/aromatic N) is 1. The second kappa shape index (κ2) is 6.53. The summed E-state index contributed by atoms with van der Waals surface area (Å²) in [6, 6.07) is 6.34. The number of nitrogens with two attached hydrogens (primary N) is 1. The van der Waals surface area contributed by atoms with Crippen molar-refractivity contribution in [2.45, 2.75) is 17.7 Å². The molecule has 0 aromatic heterocycles. The molecular formula is C13H21N3O3S. The lowest BCUT2D eigenvalue weighted by atomic mass is 9.98. The standard InChI is InChI=1S/C13H21N3O3S/c1-19-12-2-4-13(5-3-12)20(17,18)15-16-8-6-11(10-14)7-9-16/h2-5,11,15H,6-10,14H2,1H3. The van der Waals surface area contributed by atoms with Gasteiger partial charge in [0.15, 0.2) is 0 Å². The number of piperidine rings is 1. The van der Waals surface area contributed by atoms with Gasteiger partial charge in [-0.15, -0.1) is 4.83 Å². The Labute approximate surface area is 119 Å². The predicted molar refractivity (Wildman–Crippen MR) is 76.7 cm³/mol. The van der Waals surface area contributed by atoms with Gasteiger partial charge in [0.1, 0.15) is 5.75 Å². The Morgan fingerprint density at radius 3 is 2.40 bits per heavy atom. The van der Waals surface area contributed by atoms with E-state index in [0.29, 0.717) is 31.3 Å². The van der Waals surface area contributed by atoms with Gasteiger partial charge in [0.05, 0.1) is 12.0 Å². The van der Waals surface area contributed by atoms with E-state index < -0.39 is 10.0 Å². The summed E-state index contributed by atoms with van der Waals surface area (Å²) in [5, 5.41) is 1.74. The van der Waals surface area contributed by atoms with Gasteiger partial charge in [-0.05, 0) is 49.6 Å². The number of hydrogen-bond donors (Lipinski definition) is 2. The van der Waals surface area contributed by atoms with Gasteiger partial charge in [-0.3, -0.25) is 0 Å². The zero-order chi connectivity index (χ0) is 14.6. The van der Waals surface area contributed by atoms with Gasteiger partial charge in [-0.2, -0.15) is 0 Å². The number of methoxy groups -OCH3 is 1. The lowest BCUT2D eigenvalue weighted by Gasteiger charge is -2.31. The summed E-state index contributed by atoms with van der Waals surface area (Å²) in [7, 11) is -1.97. The van der Waals surface area contributed by atoms with Crippen molar-refractivity contribution in [1.82, 2.24) is 9.84 Å². The number of benzene rings is 1. The second-order valence-electron chi connectivity index (χ2n) is 4.94. The molecule has 0 aliphatic carbocycles. The predicted octanol–water partition coefficient (Wildman–Crippen LogP) is 0.559. The normalized spacial score (nSPS) is 18.1. The molecule has 3 N–H and O–H groups in total. The van der Waals surface area contributed by atoms with E-state index in [1.165, 1.54) is 12.1 Å². The van der Waals surface area contributed by atoms with Crippen molar-refractivity contribution < 1.29 is 13.2 Å². The molecule has 7 heteroatoms. The molecule has 0 bridgehead atoms. The Bertz CT molecular complexity index is 522. The summed E-state index contributed by atoms with van der Waals surface area (Å²) in [6.07, 6.45) is 1.84. The van der Waals surface area contributed by atoms with Gasteiger partial charge in [-0.25, -0.2) is 13.4 Å². The van der Waals surface area contributed by atoms with Crippen molar-refractivity contribution in [3.05, 3.63) is 24.3 Å². The third kappa shape index (κ3) is 3.69. The zero-order valence-electron chi connectivity index (χ0n) is 11.6. The fraction of sp³-hybridized carbons (Fsp3) is 0.538. The Morgan fingerprint density at radius 1 is 1.30 bits per heavy atom. The quantitative estimate of drug-likeness (QED) is 0.830. The van der Waals surface area contributed by atoms with E-state index in [9.17, 15) is 8.42 Å². The van der Waals surface area contributed by atoms with E-state index in [2.05, 4.69) is 4.83 Å². The number of hydrazine groups is 1. The topological polar surface area (TPSA) is 84.7 Å². The molecule has 1 aliphatic rings. The van der Waals surface area contributed by atoms with Gasteiger partial charge >= 0.3 is 0 Å². The Hall–Kier alpha value is -1.15. The van der Waals surface area contributed by atoms with Crippen LogP contribution in [0, 0.1) is 5.92 Å². The molecule has 1 heterocycles. The van der Waals surface area contributed by atoms with E-state index in [4.69, 9.17) is 10.5 Å². The van der Waals surface area contributed by atoms with Crippen LogP contribution in [0.3, 0.4) is 0 Å². The first-order chi connectivity index (χ1) is 9.55. The van der Waals surface area contributed by atoms with Crippen LogP contribution in [-0.2, 0) is 10.0 Å². The van der Waals surface area contributed by atoms with Gasteiger partial charge < -0.3 is 10.5 Å². The van der Waals surface area contributed by atoms with E-state index in [1.54, 1.807) is 24.3 Å². The van der Waals surface area contributed by atoms with E-state index >= 15 is 0 Å². The second-order valence-corrected chi connectivity index (χ2v) is 6.60. The number of hydrogen-bond acceptors (Lipinski definition) is 5. The van der Waals surface area contributed by atoms with Crippen LogP contribution in [0.4, 0.5) is 0 Å². The van der Waals surface area contributed by atoms with Crippen LogP contribution in [0.25, 0.3) is 0 Å². The molecule has 0 amide bonds. The van der Waals surface area contributed by atoms with Crippen molar-refractivity contribution in [1.29, 1.82) is 0 Å². The maximum Gasteiger partial charge on any atom is 0.253 e. The molecule has 0 atom stereocenters. The zero-order valence-corrected chi connectivity index (χ0v) is 12.4. The first kappa shape index (κ1) is 15.2. The average molecular weight is 299 g/mol. The molecule has 6 nitrogen and oxygen atoms in total. The summed E-state index contributed by atoms with van der Waals surface area (Å²) < 4.78 is 29.5. The molecule has 2 rings (SSSR count). The summed E-state index contributed by atoms with van der Waals surface area (Å²) in [5.74, 6) is 1.13. The molecule has 0 saturated carbocycles. The maximum absolute atomic E-state index is 12.2. The Morgan fingerprint density at radius 2 is 1.90 bits per heavy atom. The fourth-order valence-electron chi connectivity index (χ4n) is 2.24. The highest BCUT2D eigenvalue weighted by Gasteiger charge is 2.23. The minimum absolute atomic E-state index is 0.235. The van der Waals surface area contributed by atoms with Crippen molar-refractivity contribution in [3.63, 3.8) is 0 Å². The molecule has 1 fully saturated rings. The maximum atomic E-state index is 12.2. The summed E-state index contributed by atoms with van der Waals surface area (Å²) in [4.78, 5) is 2.85. The number of ether oxygens (including phenoxy) is 1. The number of sulfonamides is 1. The molecular weight excluding hydrogens is 278 g/mol. The van der Waals surface area contributed by atoms with Crippen molar-refractivity contribution in [3.8, 4) is 5.75 Å². The molecule has 1 aromatic carbocycles. The van der Waals surface area contributed by atoms with Crippen molar-refractivity contribution in [2.75, 3.05) is 26.7 Å². The SMILES string of the molecule is COc1ccc(S(=O)(=O)NN2CCC(CN)CC2)cc1. The molecule has 112 valence electrons. The number of nitrogens with one attached hydrogen (secondary N) is 1. The van der Waals surface area contributed by atoms with Crippen LogP contribution >= 0.6 is 0 Å². The summed E-state index contributed by atoms with van der Waals surface area (Å²) >= 11 is 0. The molecule has 1 aromatic rings. The average Bonchev–Trinajstić information content (AvgIpc) is 2.48. The highest BCUT2D eigenvalue weighted by Crippen LogP contribution is 2.18. The highest BCUT2D eigenvalue weighted by atomic mass is 32.2. The Kier molecular flexibility index (Phi) is 4.98. The van der Waals surface area contributed by atoms with Gasteiger partial charge in [0, 0.05) is 13.1 Å². The third-order valence-electron chi connectivity index (χ3n) is 3.57. The van der Waals surface area contributed by atoms with Crippen LogP contribution in [0.15, 0.2) is 29.2 Å². The van der Waals surface area contributed by atoms with Crippen LogP contribution in [0.5, 0.6) is 5.75 Å². The third-order valence-corrected chi connectivity index (χ3v) is 4.96. The lowest BCUT2D eigenvalue weighted by Crippen LogP contribution is -2.47. The summed E-state index contributed by atoms with van der Waals surface area (Å²) in [5.41, 5.74) is 5.63. The van der Waals surface area contributed by atoms with E-state index in [-0.39, 0.29) is 4.90 Å². The van der Waals surface area contributed by atoms with Crippen LogP contribution < -0.4 is 15.3 Å². The van der Waals surface area contributed by atoms with Crippen molar-refractivity contribution in [2.24, 2.45) is 11.7 Å². The Balaban J connectivity index is 2.00. The smallest absolute Gasteiger partial charge is 0.253 e. The van der Waals surface area contributed by atoms with Crippen LogP contribution in [-0.4, -0.2) is 40.2 Å². The first-order valence-corrected chi connectivity index (χ1v) is 8.15. The minimum atomic E-state index is -3.52. The van der Waals surface area contributed by atoms with Crippen LogP contribution in [0.1, 0.15) is 12.8 Å². The van der Waals surface area contributed by atoms with Gasteiger partial charge in [0.25, 0.3) is 10.0 Å². The molecule has 0 radical (unpaired) electrons. The first-order valence-electron chi connectivity index (χ1n) is 6.66. The number of rotatable bonds is 5. The van der Waals surface area contributed by atoms with E-state index in [1.807, 2.05) is 0 Å². The molecule has 1 aliphatic heterocycles. The largest absolute Gasteiger partial charge is 0.497 e. The molecule has 0 unspecified atom stereocenters. The molecule has 0 spiro atoms. The lowest BCUT2D eigenvalue weighted by molar-refractivity contribution is 0.163. The minimum Gasteiger partial charge on any atom is -0.497 e. The van der Waals surface area contributed by atoms with Gasteiger partial charge in [0.2, 0.25) is 0 Å². The van der Waals surface area contributed by atoms with Crippen molar-refractivity contribution >= 4 is 10.0 Å².